The number of benzene rings is 1. The Balaban J connectivity index is 2.02. The number of thioether (sulfide) groups is 1. The standard InChI is InChI=1S/C14H17N5O2S/c1-3-10-6-4-5-7-11(10)16-12(20)8-22-14-18-17-9(2)13(21)19(14)15/h4-7H,3,8,15H2,1-2H3,(H,16,20). The smallest absolute Gasteiger partial charge is 0.294 e. The van der Waals surface area contributed by atoms with Gasteiger partial charge in [-0.15, -0.1) is 10.2 Å². The maximum atomic E-state index is 12.0. The van der Waals surface area contributed by atoms with E-state index in [2.05, 4.69) is 15.5 Å². The van der Waals surface area contributed by atoms with Crippen LogP contribution in [0, 0.1) is 6.92 Å². The van der Waals surface area contributed by atoms with Crippen LogP contribution in [0.3, 0.4) is 0 Å². The van der Waals surface area contributed by atoms with E-state index < -0.39 is 5.56 Å². The summed E-state index contributed by atoms with van der Waals surface area (Å²) in [5.74, 6) is 5.51. The Morgan fingerprint density at radius 2 is 2.09 bits per heavy atom. The summed E-state index contributed by atoms with van der Waals surface area (Å²) in [6.07, 6.45) is 0.829. The molecule has 7 nitrogen and oxygen atoms in total. The van der Waals surface area contributed by atoms with E-state index in [1.165, 1.54) is 6.92 Å². The van der Waals surface area contributed by atoms with Crippen LogP contribution in [0.1, 0.15) is 18.2 Å². The van der Waals surface area contributed by atoms with Crippen LogP contribution in [0.25, 0.3) is 0 Å². The molecule has 0 atom stereocenters. The van der Waals surface area contributed by atoms with Crippen molar-refractivity contribution in [3.63, 3.8) is 0 Å². The minimum Gasteiger partial charge on any atom is -0.334 e. The fourth-order valence-corrected chi connectivity index (χ4v) is 2.49. The zero-order valence-electron chi connectivity index (χ0n) is 12.4. The molecule has 0 aliphatic heterocycles. The number of nitrogen functional groups attached to an aromatic ring is 1. The van der Waals surface area contributed by atoms with E-state index in [9.17, 15) is 9.59 Å². The maximum absolute atomic E-state index is 12.0. The highest BCUT2D eigenvalue weighted by molar-refractivity contribution is 7.99. The average Bonchev–Trinajstić information content (AvgIpc) is 2.52. The van der Waals surface area contributed by atoms with Gasteiger partial charge in [0, 0.05) is 5.69 Å². The molecule has 2 aromatic rings. The van der Waals surface area contributed by atoms with Crippen molar-refractivity contribution in [2.45, 2.75) is 25.4 Å². The Labute approximate surface area is 131 Å². The van der Waals surface area contributed by atoms with E-state index in [0.717, 1.165) is 34.1 Å². The second kappa shape index (κ2) is 7.08. The fraction of sp³-hybridized carbons (Fsp3) is 0.286. The van der Waals surface area contributed by atoms with Crippen molar-refractivity contribution < 1.29 is 4.79 Å². The number of hydrogen-bond donors (Lipinski definition) is 2. The second-order valence-corrected chi connectivity index (χ2v) is 5.53. The van der Waals surface area contributed by atoms with Crippen LogP contribution in [0.4, 0.5) is 5.69 Å². The third kappa shape index (κ3) is 3.64. The lowest BCUT2D eigenvalue weighted by atomic mass is 10.1. The normalized spacial score (nSPS) is 10.5. The topological polar surface area (TPSA) is 103 Å². The minimum atomic E-state index is -0.422. The van der Waals surface area contributed by atoms with Crippen LogP contribution in [0.2, 0.25) is 0 Å². The molecule has 116 valence electrons. The van der Waals surface area contributed by atoms with Crippen LogP contribution >= 0.6 is 11.8 Å². The van der Waals surface area contributed by atoms with Crippen LogP contribution in [0.15, 0.2) is 34.2 Å². The number of para-hydroxylation sites is 1. The highest BCUT2D eigenvalue weighted by atomic mass is 32.2. The van der Waals surface area contributed by atoms with Crippen molar-refractivity contribution in [3.05, 3.63) is 45.9 Å². The van der Waals surface area contributed by atoms with E-state index in [0.29, 0.717) is 0 Å². The first kappa shape index (κ1) is 16.0. The number of nitrogens with two attached hydrogens (primary N) is 1. The SMILES string of the molecule is CCc1ccccc1NC(=O)CSc1nnc(C)c(=O)n1N. The molecule has 0 aliphatic rings. The lowest BCUT2D eigenvalue weighted by molar-refractivity contribution is -0.113. The summed E-state index contributed by atoms with van der Waals surface area (Å²) in [5.41, 5.74) is 1.64. The quantitative estimate of drug-likeness (QED) is 0.628. The van der Waals surface area contributed by atoms with Crippen LogP contribution < -0.4 is 16.7 Å². The number of amides is 1. The van der Waals surface area contributed by atoms with Crippen LogP contribution in [-0.4, -0.2) is 26.5 Å². The molecule has 1 heterocycles. The number of nitrogens with zero attached hydrogens (tertiary/aromatic N) is 3. The highest BCUT2D eigenvalue weighted by Gasteiger charge is 2.11. The van der Waals surface area contributed by atoms with Gasteiger partial charge in [0.25, 0.3) is 5.56 Å². The average molecular weight is 319 g/mol. The van der Waals surface area contributed by atoms with Crippen molar-refractivity contribution in [3.8, 4) is 0 Å². The summed E-state index contributed by atoms with van der Waals surface area (Å²) in [6, 6.07) is 7.61. The number of carbonyl (C=O) groups excluding carboxylic acids is 1. The zero-order valence-corrected chi connectivity index (χ0v) is 13.2. The molecular weight excluding hydrogens is 302 g/mol. The number of anilines is 1. The first-order chi connectivity index (χ1) is 10.5. The number of carbonyl (C=O) groups is 1. The molecule has 1 aromatic heterocycles. The number of aromatic nitrogens is 3. The van der Waals surface area contributed by atoms with Gasteiger partial charge in [0.05, 0.1) is 5.75 Å². The van der Waals surface area contributed by atoms with E-state index in [1.54, 1.807) is 0 Å². The van der Waals surface area contributed by atoms with Crippen LogP contribution in [-0.2, 0) is 11.2 Å². The first-order valence-corrected chi connectivity index (χ1v) is 7.73. The summed E-state index contributed by atoms with van der Waals surface area (Å²) in [7, 11) is 0. The van der Waals surface area contributed by atoms with Gasteiger partial charge in [-0.25, -0.2) is 0 Å². The second-order valence-electron chi connectivity index (χ2n) is 4.59. The Kier molecular flexibility index (Phi) is 5.16. The van der Waals surface area contributed by atoms with Gasteiger partial charge in [-0.3, -0.25) is 9.59 Å². The first-order valence-electron chi connectivity index (χ1n) is 6.75. The predicted octanol–water partition coefficient (Wildman–Crippen LogP) is 0.954. The van der Waals surface area contributed by atoms with Crippen molar-refractivity contribution in [2.24, 2.45) is 0 Å². The number of nitrogens with one attached hydrogen (secondary N) is 1. The largest absolute Gasteiger partial charge is 0.334 e. The molecule has 1 amide bonds. The molecule has 1 aromatic carbocycles. The fourth-order valence-electron chi connectivity index (χ4n) is 1.84. The summed E-state index contributed by atoms with van der Waals surface area (Å²) < 4.78 is 0.903. The van der Waals surface area contributed by atoms with Crippen molar-refractivity contribution >= 4 is 23.4 Å². The zero-order chi connectivity index (χ0) is 16.1. The molecule has 0 saturated carbocycles. The molecule has 0 radical (unpaired) electrons. The van der Waals surface area contributed by atoms with Gasteiger partial charge in [0.15, 0.2) is 0 Å². The van der Waals surface area contributed by atoms with E-state index in [4.69, 9.17) is 5.84 Å². The lowest BCUT2D eigenvalue weighted by Gasteiger charge is -2.10. The Morgan fingerprint density at radius 1 is 1.36 bits per heavy atom. The third-order valence-electron chi connectivity index (χ3n) is 3.02. The molecule has 8 heteroatoms. The van der Waals surface area contributed by atoms with Gasteiger partial charge >= 0.3 is 0 Å². The van der Waals surface area contributed by atoms with Crippen molar-refractivity contribution in [1.29, 1.82) is 0 Å². The monoisotopic (exact) mass is 319 g/mol. The maximum Gasteiger partial charge on any atom is 0.294 e. The predicted molar refractivity (Wildman–Crippen MR) is 86.4 cm³/mol. The highest BCUT2D eigenvalue weighted by Crippen LogP contribution is 2.17. The molecule has 0 saturated heterocycles. The molecule has 22 heavy (non-hydrogen) atoms. The summed E-state index contributed by atoms with van der Waals surface area (Å²) in [4.78, 5) is 23.6. The number of aryl methyl sites for hydroxylation is 2. The van der Waals surface area contributed by atoms with E-state index >= 15 is 0 Å². The molecule has 0 bridgehead atoms. The Bertz CT molecular complexity index is 744. The van der Waals surface area contributed by atoms with E-state index in [1.807, 2.05) is 31.2 Å². The van der Waals surface area contributed by atoms with Gasteiger partial charge in [0.1, 0.15) is 5.69 Å². The molecule has 0 fully saturated rings. The molecule has 2 rings (SSSR count). The van der Waals surface area contributed by atoms with Crippen molar-refractivity contribution in [1.82, 2.24) is 14.9 Å². The summed E-state index contributed by atoms with van der Waals surface area (Å²) >= 11 is 1.06. The van der Waals surface area contributed by atoms with Gasteiger partial charge < -0.3 is 11.2 Å². The van der Waals surface area contributed by atoms with Gasteiger partial charge in [-0.1, -0.05) is 36.9 Å². The minimum absolute atomic E-state index is 0.0897. The third-order valence-corrected chi connectivity index (χ3v) is 3.97. The Hall–Kier alpha value is -2.35. The van der Waals surface area contributed by atoms with E-state index in [-0.39, 0.29) is 22.5 Å². The number of hydrogen-bond acceptors (Lipinski definition) is 6. The molecule has 0 spiro atoms. The number of rotatable bonds is 5. The lowest BCUT2D eigenvalue weighted by Crippen LogP contribution is -2.32. The van der Waals surface area contributed by atoms with Crippen molar-refractivity contribution in [2.75, 3.05) is 16.9 Å². The molecule has 0 aliphatic carbocycles. The van der Waals surface area contributed by atoms with Gasteiger partial charge in [0.2, 0.25) is 11.1 Å². The van der Waals surface area contributed by atoms with Crippen LogP contribution in [0.5, 0.6) is 0 Å². The van der Waals surface area contributed by atoms with Gasteiger partial charge in [-0.2, -0.15) is 4.68 Å². The summed E-state index contributed by atoms with van der Waals surface area (Å²) in [5, 5.41) is 10.6. The van der Waals surface area contributed by atoms with Gasteiger partial charge in [-0.05, 0) is 25.0 Å². The Morgan fingerprint density at radius 3 is 2.82 bits per heavy atom. The molecule has 3 N–H and O–H groups in total. The molecule has 0 unspecified atom stereocenters. The molecular formula is C14H17N5O2S. The summed E-state index contributed by atoms with van der Waals surface area (Å²) in [6.45, 7) is 3.55.